The van der Waals surface area contributed by atoms with Crippen molar-refractivity contribution in [2.24, 2.45) is 0 Å². The van der Waals surface area contributed by atoms with Crippen LogP contribution in [-0.4, -0.2) is 39.1 Å². The van der Waals surface area contributed by atoms with Gasteiger partial charge in [-0.05, 0) is 40.5 Å². The zero-order chi connectivity index (χ0) is 25.0. The highest BCUT2D eigenvalue weighted by Crippen LogP contribution is 2.36. The zero-order valence-corrected chi connectivity index (χ0v) is 19.7. The van der Waals surface area contributed by atoms with Gasteiger partial charge in [0.05, 0.1) is 19.4 Å². The molecule has 0 aliphatic heterocycles. The van der Waals surface area contributed by atoms with Crippen LogP contribution in [0.4, 0.5) is 8.78 Å². The van der Waals surface area contributed by atoms with Gasteiger partial charge in [-0.1, -0.05) is 55.5 Å². The number of aromatic nitrogens is 2. The minimum absolute atomic E-state index is 0.0406. The molecule has 1 N–H and O–H groups in total. The molecule has 1 aromatic heterocycles. The number of carbonyl (C=O) groups is 1. The Kier molecular flexibility index (Phi) is 7.07. The van der Waals surface area contributed by atoms with Crippen LogP contribution in [-0.2, 0) is 16.9 Å². The molecular weight excluding hydrogens is 448 g/mol. The van der Waals surface area contributed by atoms with E-state index in [4.69, 9.17) is 0 Å². The van der Waals surface area contributed by atoms with Gasteiger partial charge in [-0.2, -0.15) is 0 Å². The monoisotopic (exact) mass is 475 g/mol. The standard InChI is InChI=1S/C28H27F2N3O2/c1-3-27(34)32(2)17-28(35,18-33-14-13-31-19-33)25-12-10-22(29)16-24(25)21-9-11-23(26(30)15-21)20-7-5-4-6-8-20/h4-16,19,35H,3,17-18H2,1-2H3. The number of hydrogen-bond donors (Lipinski definition) is 1. The summed E-state index contributed by atoms with van der Waals surface area (Å²) < 4.78 is 31.3. The van der Waals surface area contributed by atoms with Gasteiger partial charge in [-0.15, -0.1) is 0 Å². The fourth-order valence-corrected chi connectivity index (χ4v) is 4.35. The first kappa shape index (κ1) is 24.3. The highest BCUT2D eigenvalue weighted by atomic mass is 19.1. The molecule has 0 saturated heterocycles. The van der Waals surface area contributed by atoms with E-state index in [1.54, 1.807) is 49.4 Å². The first-order valence-corrected chi connectivity index (χ1v) is 11.4. The van der Waals surface area contributed by atoms with Crippen molar-refractivity contribution in [2.45, 2.75) is 25.5 Å². The van der Waals surface area contributed by atoms with E-state index >= 15 is 4.39 Å². The number of halogens is 2. The van der Waals surface area contributed by atoms with E-state index in [1.807, 2.05) is 30.3 Å². The maximum atomic E-state index is 15.2. The SMILES string of the molecule is CCC(=O)N(C)CC(O)(Cn1ccnc1)c1ccc(F)cc1-c1ccc(-c2ccccc2)c(F)c1. The second-order valence-corrected chi connectivity index (χ2v) is 8.62. The number of nitrogens with zero attached hydrogens (tertiary/aromatic N) is 3. The predicted molar refractivity (Wildman–Crippen MR) is 131 cm³/mol. The maximum Gasteiger partial charge on any atom is 0.222 e. The molecule has 3 aromatic carbocycles. The van der Waals surface area contributed by atoms with Crippen molar-refractivity contribution in [3.8, 4) is 22.3 Å². The van der Waals surface area contributed by atoms with Gasteiger partial charge in [0.25, 0.3) is 0 Å². The molecule has 0 spiro atoms. The second kappa shape index (κ2) is 10.2. The number of hydrogen-bond acceptors (Lipinski definition) is 3. The summed E-state index contributed by atoms with van der Waals surface area (Å²) in [6.07, 6.45) is 5.12. The van der Waals surface area contributed by atoms with Crippen molar-refractivity contribution < 1.29 is 18.7 Å². The third-order valence-corrected chi connectivity index (χ3v) is 6.08. The number of aliphatic hydroxyl groups is 1. The Labute approximate surface area is 203 Å². The highest BCUT2D eigenvalue weighted by molar-refractivity contribution is 5.76. The molecule has 4 aromatic rings. The number of imidazole rings is 1. The molecule has 5 nitrogen and oxygen atoms in total. The third kappa shape index (κ3) is 5.30. The van der Waals surface area contributed by atoms with Crippen LogP contribution >= 0.6 is 0 Å². The predicted octanol–water partition coefficient (Wildman–Crippen LogP) is 5.25. The molecule has 0 saturated carbocycles. The summed E-state index contributed by atoms with van der Waals surface area (Å²) >= 11 is 0. The topological polar surface area (TPSA) is 58.4 Å². The Morgan fingerprint density at radius 2 is 1.80 bits per heavy atom. The molecule has 4 rings (SSSR count). The number of carbonyl (C=O) groups excluding carboxylic acids is 1. The van der Waals surface area contributed by atoms with Crippen molar-refractivity contribution in [3.05, 3.63) is 103 Å². The molecule has 0 fully saturated rings. The van der Waals surface area contributed by atoms with E-state index in [9.17, 15) is 14.3 Å². The number of rotatable bonds is 8. The quantitative estimate of drug-likeness (QED) is 0.379. The van der Waals surface area contributed by atoms with Crippen molar-refractivity contribution in [3.63, 3.8) is 0 Å². The van der Waals surface area contributed by atoms with Crippen LogP contribution in [0.25, 0.3) is 22.3 Å². The van der Waals surface area contributed by atoms with Crippen LogP contribution in [0.5, 0.6) is 0 Å². The second-order valence-electron chi connectivity index (χ2n) is 8.62. The van der Waals surface area contributed by atoms with Crippen molar-refractivity contribution >= 4 is 5.91 Å². The van der Waals surface area contributed by atoms with E-state index in [2.05, 4.69) is 4.98 Å². The molecule has 0 bridgehead atoms. The summed E-state index contributed by atoms with van der Waals surface area (Å²) in [4.78, 5) is 17.8. The van der Waals surface area contributed by atoms with Gasteiger partial charge in [0.2, 0.25) is 5.91 Å². The fourth-order valence-electron chi connectivity index (χ4n) is 4.35. The largest absolute Gasteiger partial charge is 0.381 e. The Morgan fingerprint density at radius 3 is 2.46 bits per heavy atom. The molecule has 1 atom stereocenters. The lowest BCUT2D eigenvalue weighted by atomic mass is 9.85. The summed E-state index contributed by atoms with van der Waals surface area (Å²) in [7, 11) is 1.61. The van der Waals surface area contributed by atoms with Gasteiger partial charge in [0.1, 0.15) is 17.2 Å². The molecule has 0 radical (unpaired) electrons. The van der Waals surface area contributed by atoms with Crippen LogP contribution in [0.1, 0.15) is 18.9 Å². The average molecular weight is 476 g/mol. The minimum atomic E-state index is -1.60. The third-order valence-electron chi connectivity index (χ3n) is 6.08. The van der Waals surface area contributed by atoms with Crippen LogP contribution in [0, 0.1) is 11.6 Å². The molecule has 1 amide bonds. The number of likely N-dealkylation sites (N-methyl/N-ethyl adjacent to an activating group) is 1. The Hall–Kier alpha value is -3.84. The zero-order valence-electron chi connectivity index (χ0n) is 19.7. The lowest BCUT2D eigenvalue weighted by Gasteiger charge is -2.35. The van der Waals surface area contributed by atoms with Crippen LogP contribution in [0.15, 0.2) is 85.5 Å². The first-order valence-electron chi connectivity index (χ1n) is 11.4. The molecule has 1 heterocycles. The Morgan fingerprint density at radius 1 is 1.03 bits per heavy atom. The van der Waals surface area contributed by atoms with Gasteiger partial charge < -0.3 is 14.6 Å². The number of benzene rings is 3. The number of amides is 1. The average Bonchev–Trinajstić information content (AvgIpc) is 3.36. The Balaban J connectivity index is 1.82. The van der Waals surface area contributed by atoms with E-state index in [-0.39, 0.29) is 25.4 Å². The van der Waals surface area contributed by atoms with E-state index < -0.39 is 17.2 Å². The molecule has 180 valence electrons. The van der Waals surface area contributed by atoms with Crippen molar-refractivity contribution in [1.82, 2.24) is 14.5 Å². The fraction of sp³-hybridized carbons (Fsp3) is 0.214. The molecule has 35 heavy (non-hydrogen) atoms. The summed E-state index contributed by atoms with van der Waals surface area (Å²) in [5.74, 6) is -1.12. The highest BCUT2D eigenvalue weighted by Gasteiger charge is 2.35. The van der Waals surface area contributed by atoms with E-state index in [0.29, 0.717) is 22.3 Å². The van der Waals surface area contributed by atoms with Gasteiger partial charge in [0.15, 0.2) is 0 Å². The molecule has 0 aliphatic rings. The summed E-state index contributed by atoms with van der Waals surface area (Å²) in [6.45, 7) is 1.77. The van der Waals surface area contributed by atoms with E-state index in [1.165, 1.54) is 29.2 Å². The molecular formula is C28H27F2N3O2. The minimum Gasteiger partial charge on any atom is -0.381 e. The van der Waals surface area contributed by atoms with Gasteiger partial charge in [-0.25, -0.2) is 13.8 Å². The Bertz CT molecular complexity index is 1310. The smallest absolute Gasteiger partial charge is 0.222 e. The normalized spacial score (nSPS) is 12.8. The summed E-state index contributed by atoms with van der Waals surface area (Å²) in [5.41, 5.74) is 0.711. The van der Waals surface area contributed by atoms with Crippen LogP contribution in [0.2, 0.25) is 0 Å². The maximum absolute atomic E-state index is 15.2. The van der Waals surface area contributed by atoms with Gasteiger partial charge in [0, 0.05) is 31.4 Å². The van der Waals surface area contributed by atoms with Crippen LogP contribution < -0.4 is 0 Å². The van der Waals surface area contributed by atoms with Gasteiger partial charge in [-0.3, -0.25) is 4.79 Å². The lowest BCUT2D eigenvalue weighted by Crippen LogP contribution is -2.44. The molecule has 1 unspecified atom stereocenters. The van der Waals surface area contributed by atoms with Crippen molar-refractivity contribution in [1.29, 1.82) is 0 Å². The molecule has 7 heteroatoms. The lowest BCUT2D eigenvalue weighted by molar-refractivity contribution is -0.133. The van der Waals surface area contributed by atoms with Gasteiger partial charge >= 0.3 is 0 Å². The van der Waals surface area contributed by atoms with E-state index in [0.717, 1.165) is 5.56 Å². The summed E-state index contributed by atoms with van der Waals surface area (Å²) in [6, 6.07) is 17.9. The first-order chi connectivity index (χ1) is 16.8. The molecule has 0 aliphatic carbocycles. The summed E-state index contributed by atoms with van der Waals surface area (Å²) in [5, 5.41) is 11.9. The van der Waals surface area contributed by atoms with Crippen LogP contribution in [0.3, 0.4) is 0 Å². The van der Waals surface area contributed by atoms with Crippen molar-refractivity contribution in [2.75, 3.05) is 13.6 Å².